The van der Waals surface area contributed by atoms with Crippen LogP contribution in [0.15, 0.2) is 42.5 Å². The largest absolute Gasteiger partial charge is 0.372 e. The average molecular weight is 276 g/mol. The molecule has 0 bridgehead atoms. The molecule has 0 saturated heterocycles. The molecular formula is C16H18ClNO. The first kappa shape index (κ1) is 14.1. The molecule has 0 amide bonds. The first-order valence-electron chi connectivity index (χ1n) is 6.29. The minimum Gasteiger partial charge on any atom is -0.372 e. The Labute approximate surface area is 119 Å². The van der Waals surface area contributed by atoms with Gasteiger partial charge in [-0.3, -0.25) is 0 Å². The molecule has 0 aliphatic heterocycles. The molecule has 0 heterocycles. The lowest BCUT2D eigenvalue weighted by molar-refractivity contribution is 0.107. The van der Waals surface area contributed by atoms with Crippen molar-refractivity contribution in [3.05, 3.63) is 69.7 Å². The minimum absolute atomic E-state index is 0.568. The molecule has 0 aliphatic rings. The van der Waals surface area contributed by atoms with E-state index in [1.54, 1.807) is 0 Å². The van der Waals surface area contributed by atoms with Crippen molar-refractivity contribution in [2.24, 2.45) is 5.73 Å². The zero-order valence-electron chi connectivity index (χ0n) is 11.0. The van der Waals surface area contributed by atoms with E-state index in [1.807, 2.05) is 30.3 Å². The van der Waals surface area contributed by atoms with Gasteiger partial charge in [0.05, 0.1) is 13.2 Å². The summed E-state index contributed by atoms with van der Waals surface area (Å²) in [4.78, 5) is 0. The summed E-state index contributed by atoms with van der Waals surface area (Å²) in [7, 11) is 0. The molecule has 19 heavy (non-hydrogen) atoms. The van der Waals surface area contributed by atoms with E-state index in [-0.39, 0.29) is 0 Å². The Morgan fingerprint density at radius 1 is 1.05 bits per heavy atom. The lowest BCUT2D eigenvalue weighted by Gasteiger charge is -2.09. The number of hydrogen-bond acceptors (Lipinski definition) is 2. The van der Waals surface area contributed by atoms with Crippen molar-refractivity contribution < 1.29 is 4.74 Å². The number of ether oxygens (including phenoxy) is 1. The highest BCUT2D eigenvalue weighted by Crippen LogP contribution is 2.15. The summed E-state index contributed by atoms with van der Waals surface area (Å²) in [5.74, 6) is 0. The molecule has 2 aromatic carbocycles. The molecule has 100 valence electrons. The highest BCUT2D eigenvalue weighted by molar-refractivity contribution is 6.30. The van der Waals surface area contributed by atoms with Crippen molar-refractivity contribution in [2.75, 3.05) is 0 Å². The average Bonchev–Trinajstić information content (AvgIpc) is 2.40. The topological polar surface area (TPSA) is 35.2 Å². The molecule has 2 N–H and O–H groups in total. The fourth-order valence-corrected chi connectivity index (χ4v) is 2.17. The molecule has 0 unspecified atom stereocenters. The van der Waals surface area contributed by atoms with Gasteiger partial charge in [-0.05, 0) is 41.3 Å². The third-order valence-electron chi connectivity index (χ3n) is 3.06. The monoisotopic (exact) mass is 275 g/mol. The molecule has 0 saturated carbocycles. The lowest BCUT2D eigenvalue weighted by Crippen LogP contribution is -2.00. The van der Waals surface area contributed by atoms with Gasteiger partial charge in [-0.15, -0.1) is 0 Å². The molecular weight excluding hydrogens is 258 g/mol. The number of rotatable bonds is 5. The maximum atomic E-state index is 5.93. The molecule has 0 aromatic heterocycles. The van der Waals surface area contributed by atoms with E-state index in [0.717, 1.165) is 16.1 Å². The molecule has 0 aliphatic carbocycles. The highest BCUT2D eigenvalue weighted by atomic mass is 35.5. The van der Waals surface area contributed by atoms with Crippen LogP contribution in [-0.4, -0.2) is 0 Å². The number of nitrogens with two attached hydrogens (primary N) is 1. The van der Waals surface area contributed by atoms with Gasteiger partial charge in [-0.2, -0.15) is 0 Å². The zero-order valence-corrected chi connectivity index (χ0v) is 11.8. The van der Waals surface area contributed by atoms with Gasteiger partial charge in [0.2, 0.25) is 0 Å². The van der Waals surface area contributed by atoms with Gasteiger partial charge in [-0.1, -0.05) is 41.9 Å². The summed E-state index contributed by atoms with van der Waals surface area (Å²) in [6, 6.07) is 14.0. The molecule has 0 spiro atoms. The van der Waals surface area contributed by atoms with Crippen molar-refractivity contribution in [3.63, 3.8) is 0 Å². The predicted molar refractivity (Wildman–Crippen MR) is 79.0 cm³/mol. The Morgan fingerprint density at radius 2 is 1.89 bits per heavy atom. The molecule has 0 fully saturated rings. The smallest absolute Gasteiger partial charge is 0.0724 e. The second-order valence-corrected chi connectivity index (χ2v) is 5.02. The number of benzene rings is 2. The maximum absolute atomic E-state index is 5.93. The van der Waals surface area contributed by atoms with Gasteiger partial charge in [0.25, 0.3) is 0 Å². The van der Waals surface area contributed by atoms with Crippen molar-refractivity contribution in [1.29, 1.82) is 0 Å². The number of halogens is 1. The Morgan fingerprint density at radius 3 is 2.58 bits per heavy atom. The van der Waals surface area contributed by atoms with E-state index in [1.165, 1.54) is 11.1 Å². The van der Waals surface area contributed by atoms with Crippen LogP contribution in [0.25, 0.3) is 0 Å². The van der Waals surface area contributed by atoms with Crippen molar-refractivity contribution in [1.82, 2.24) is 0 Å². The Bertz CT molecular complexity index is 554. The van der Waals surface area contributed by atoms with Crippen LogP contribution in [0.4, 0.5) is 0 Å². The fraction of sp³-hybridized carbons (Fsp3) is 0.250. The summed E-state index contributed by atoms with van der Waals surface area (Å²) in [6.07, 6.45) is 0. The van der Waals surface area contributed by atoms with Gasteiger partial charge in [0.1, 0.15) is 0 Å². The van der Waals surface area contributed by atoms with Gasteiger partial charge in [0.15, 0.2) is 0 Å². The van der Waals surface area contributed by atoms with E-state index in [4.69, 9.17) is 22.1 Å². The summed E-state index contributed by atoms with van der Waals surface area (Å²) in [5, 5.41) is 0.740. The van der Waals surface area contributed by atoms with E-state index in [9.17, 15) is 0 Å². The second-order valence-electron chi connectivity index (χ2n) is 4.59. The van der Waals surface area contributed by atoms with Crippen molar-refractivity contribution in [3.8, 4) is 0 Å². The highest BCUT2D eigenvalue weighted by Gasteiger charge is 2.01. The molecule has 2 aromatic rings. The maximum Gasteiger partial charge on any atom is 0.0724 e. The van der Waals surface area contributed by atoms with E-state index in [0.29, 0.717) is 19.8 Å². The Kier molecular flexibility index (Phi) is 4.97. The van der Waals surface area contributed by atoms with Crippen LogP contribution >= 0.6 is 11.6 Å². The molecule has 3 heteroatoms. The quantitative estimate of drug-likeness (QED) is 0.900. The van der Waals surface area contributed by atoms with Crippen LogP contribution in [-0.2, 0) is 24.5 Å². The lowest BCUT2D eigenvalue weighted by atomic mass is 10.1. The Balaban J connectivity index is 1.92. The van der Waals surface area contributed by atoms with E-state index in [2.05, 4.69) is 19.1 Å². The number of aryl methyl sites for hydroxylation is 1. The summed E-state index contributed by atoms with van der Waals surface area (Å²) in [6.45, 7) is 3.82. The van der Waals surface area contributed by atoms with Gasteiger partial charge in [0, 0.05) is 11.6 Å². The van der Waals surface area contributed by atoms with E-state index < -0.39 is 0 Å². The predicted octanol–water partition coefficient (Wildman–Crippen LogP) is 3.82. The first-order chi connectivity index (χ1) is 9.19. The minimum atomic E-state index is 0.568. The second kappa shape index (κ2) is 6.71. The molecule has 2 rings (SSSR count). The summed E-state index contributed by atoms with van der Waals surface area (Å²) >= 11 is 5.93. The molecule has 0 radical (unpaired) electrons. The third-order valence-corrected chi connectivity index (χ3v) is 3.29. The van der Waals surface area contributed by atoms with Gasteiger partial charge in [-0.25, -0.2) is 0 Å². The van der Waals surface area contributed by atoms with Crippen molar-refractivity contribution >= 4 is 11.6 Å². The van der Waals surface area contributed by atoms with Crippen molar-refractivity contribution in [2.45, 2.75) is 26.7 Å². The van der Waals surface area contributed by atoms with Crippen LogP contribution in [0.5, 0.6) is 0 Å². The third kappa shape index (κ3) is 4.06. The summed E-state index contributed by atoms with van der Waals surface area (Å²) < 4.78 is 5.73. The SMILES string of the molecule is Cc1cc(CN)ccc1COCc1cccc(Cl)c1. The standard InChI is InChI=1S/C16H18ClNO/c1-12-7-13(9-18)5-6-15(12)11-19-10-14-3-2-4-16(17)8-14/h2-8H,9-11,18H2,1H3. The normalized spacial score (nSPS) is 10.7. The molecule has 2 nitrogen and oxygen atoms in total. The molecule has 0 atom stereocenters. The summed E-state index contributed by atoms with van der Waals surface area (Å²) in [5.41, 5.74) is 10.3. The van der Waals surface area contributed by atoms with Crippen LogP contribution < -0.4 is 5.73 Å². The van der Waals surface area contributed by atoms with Gasteiger partial charge >= 0.3 is 0 Å². The fourth-order valence-electron chi connectivity index (χ4n) is 1.95. The Hall–Kier alpha value is -1.35. The van der Waals surface area contributed by atoms with Crippen LogP contribution in [0.3, 0.4) is 0 Å². The number of hydrogen-bond donors (Lipinski definition) is 1. The zero-order chi connectivity index (χ0) is 13.7. The van der Waals surface area contributed by atoms with Crippen LogP contribution in [0.1, 0.15) is 22.3 Å². The van der Waals surface area contributed by atoms with Crippen LogP contribution in [0, 0.1) is 6.92 Å². The van der Waals surface area contributed by atoms with Crippen LogP contribution in [0.2, 0.25) is 5.02 Å². The van der Waals surface area contributed by atoms with Gasteiger partial charge < -0.3 is 10.5 Å². The first-order valence-corrected chi connectivity index (χ1v) is 6.67. The van der Waals surface area contributed by atoms with E-state index >= 15 is 0 Å².